The molecule has 0 aromatic heterocycles. The average Bonchev–Trinajstić information content (AvgIpc) is 2.73. The molecule has 2 aromatic rings. The Balaban J connectivity index is 1.63. The lowest BCUT2D eigenvalue weighted by Crippen LogP contribution is -2.47. The maximum Gasteiger partial charge on any atom is 0.258 e. The molecule has 2 aliphatic heterocycles. The third-order valence-corrected chi connectivity index (χ3v) is 8.38. The number of anilines is 1. The van der Waals surface area contributed by atoms with Gasteiger partial charge in [-0.1, -0.05) is 17.7 Å². The van der Waals surface area contributed by atoms with E-state index in [1.807, 2.05) is 19.2 Å². The van der Waals surface area contributed by atoms with Gasteiger partial charge in [-0.25, -0.2) is 8.42 Å². The highest BCUT2D eigenvalue weighted by Crippen LogP contribution is 2.37. The quantitative estimate of drug-likeness (QED) is 0.717. The number of hydrogen-bond donors (Lipinski definition) is 0. The fourth-order valence-corrected chi connectivity index (χ4v) is 6.13. The van der Waals surface area contributed by atoms with Gasteiger partial charge >= 0.3 is 0 Å². The second-order valence-corrected chi connectivity index (χ2v) is 10.7. The molecule has 2 aromatic carbocycles. The Bertz CT molecular complexity index is 1040. The predicted molar refractivity (Wildman–Crippen MR) is 117 cm³/mol. The number of likely N-dealkylation sites (N-methyl/N-ethyl adjacent to an activating group) is 1. The number of halogens is 1. The summed E-state index contributed by atoms with van der Waals surface area (Å²) < 4.78 is 27.6. The van der Waals surface area contributed by atoms with Crippen molar-refractivity contribution in [2.75, 3.05) is 50.4 Å². The largest absolute Gasteiger partial charge is 0.306 e. The first-order valence-electron chi connectivity index (χ1n) is 9.39. The molecule has 0 saturated carbocycles. The van der Waals surface area contributed by atoms with Gasteiger partial charge in [-0.15, -0.1) is 11.8 Å². The molecule has 0 bridgehead atoms. The van der Waals surface area contributed by atoms with Gasteiger partial charge in [0.25, 0.3) is 5.91 Å². The van der Waals surface area contributed by atoms with Gasteiger partial charge in [0.15, 0.2) is 0 Å². The lowest BCUT2D eigenvalue weighted by molar-refractivity contribution is 0.0987. The Labute approximate surface area is 180 Å². The van der Waals surface area contributed by atoms with Gasteiger partial charge in [-0.3, -0.25) is 4.79 Å². The summed E-state index contributed by atoms with van der Waals surface area (Å²) in [5.41, 5.74) is 1.13. The van der Waals surface area contributed by atoms with Crippen molar-refractivity contribution in [3.05, 3.63) is 53.1 Å². The lowest BCUT2D eigenvalue weighted by atomic mass is 10.1. The molecule has 1 amide bonds. The van der Waals surface area contributed by atoms with E-state index in [1.54, 1.807) is 40.9 Å². The summed E-state index contributed by atoms with van der Waals surface area (Å²) in [4.78, 5) is 18.2. The van der Waals surface area contributed by atoms with Crippen molar-refractivity contribution in [2.24, 2.45) is 0 Å². The van der Waals surface area contributed by atoms with Crippen LogP contribution in [0.2, 0.25) is 5.02 Å². The molecule has 9 heteroatoms. The summed E-state index contributed by atoms with van der Waals surface area (Å²) in [6.45, 7) is 2.84. The van der Waals surface area contributed by atoms with Crippen molar-refractivity contribution in [1.29, 1.82) is 0 Å². The van der Waals surface area contributed by atoms with Gasteiger partial charge in [0.1, 0.15) is 0 Å². The van der Waals surface area contributed by atoms with Crippen molar-refractivity contribution in [1.82, 2.24) is 9.21 Å². The van der Waals surface area contributed by atoms with Gasteiger partial charge in [0, 0.05) is 54.0 Å². The maximum absolute atomic E-state index is 13.2. The van der Waals surface area contributed by atoms with Crippen LogP contribution in [0.15, 0.2) is 52.3 Å². The van der Waals surface area contributed by atoms with Gasteiger partial charge in [0.2, 0.25) is 10.0 Å². The minimum absolute atomic E-state index is 0.158. The van der Waals surface area contributed by atoms with E-state index < -0.39 is 10.0 Å². The van der Waals surface area contributed by atoms with Crippen LogP contribution in [0.3, 0.4) is 0 Å². The zero-order valence-electron chi connectivity index (χ0n) is 16.0. The maximum atomic E-state index is 13.2. The van der Waals surface area contributed by atoms with E-state index in [0.717, 1.165) is 16.3 Å². The Morgan fingerprint density at radius 1 is 1.03 bits per heavy atom. The van der Waals surface area contributed by atoms with Gasteiger partial charge < -0.3 is 9.80 Å². The molecule has 0 atom stereocenters. The number of amides is 1. The number of piperazine rings is 1. The summed E-state index contributed by atoms with van der Waals surface area (Å²) in [6.07, 6.45) is 0. The fraction of sp³-hybridized carbons (Fsp3) is 0.350. The fourth-order valence-electron chi connectivity index (χ4n) is 3.52. The Morgan fingerprint density at radius 3 is 2.55 bits per heavy atom. The molecule has 4 rings (SSSR count). The number of carbonyl (C=O) groups is 1. The van der Waals surface area contributed by atoms with Crippen LogP contribution in [-0.2, 0) is 10.0 Å². The summed E-state index contributed by atoms with van der Waals surface area (Å²) in [5, 5.41) is 0.565. The zero-order chi connectivity index (χ0) is 20.6. The molecule has 154 valence electrons. The molecule has 0 radical (unpaired) electrons. The van der Waals surface area contributed by atoms with E-state index in [-0.39, 0.29) is 10.8 Å². The predicted octanol–water partition coefficient (Wildman–Crippen LogP) is 3.03. The number of sulfonamides is 1. The van der Waals surface area contributed by atoms with Crippen LogP contribution in [0.5, 0.6) is 0 Å². The topological polar surface area (TPSA) is 60.9 Å². The minimum Gasteiger partial charge on any atom is -0.306 e. The first-order valence-corrected chi connectivity index (χ1v) is 12.2. The normalized spacial score (nSPS) is 18.5. The summed E-state index contributed by atoms with van der Waals surface area (Å²) in [5.74, 6) is 0.559. The molecule has 6 nitrogen and oxygen atoms in total. The van der Waals surface area contributed by atoms with E-state index in [1.165, 1.54) is 10.4 Å². The van der Waals surface area contributed by atoms with Crippen molar-refractivity contribution in [2.45, 2.75) is 9.79 Å². The van der Waals surface area contributed by atoms with Crippen LogP contribution in [0.1, 0.15) is 10.4 Å². The average molecular weight is 452 g/mol. The molecule has 0 spiro atoms. The number of nitrogens with zero attached hydrogens (tertiary/aromatic N) is 3. The molecular formula is C20H22ClN3O3S2. The molecule has 1 fully saturated rings. The molecule has 1 saturated heterocycles. The number of fused-ring (bicyclic) bond motifs is 1. The van der Waals surface area contributed by atoms with Crippen LogP contribution in [0, 0.1) is 0 Å². The van der Waals surface area contributed by atoms with Crippen LogP contribution in [0.25, 0.3) is 0 Å². The molecule has 0 aliphatic carbocycles. The molecular weight excluding hydrogens is 430 g/mol. The van der Waals surface area contributed by atoms with Crippen LogP contribution in [-0.4, -0.2) is 69.1 Å². The monoisotopic (exact) mass is 451 g/mol. The van der Waals surface area contributed by atoms with E-state index >= 15 is 0 Å². The van der Waals surface area contributed by atoms with Crippen molar-refractivity contribution >= 4 is 45.0 Å². The molecule has 0 N–H and O–H groups in total. The second-order valence-electron chi connectivity index (χ2n) is 7.15. The Kier molecular flexibility index (Phi) is 5.90. The van der Waals surface area contributed by atoms with Gasteiger partial charge in [-0.2, -0.15) is 4.31 Å². The SMILES string of the molecule is CN1CCN(S(=O)(=O)c2cccc(C(=O)N3CCSc4ccc(Cl)cc43)c2)CC1. The van der Waals surface area contributed by atoms with E-state index in [4.69, 9.17) is 11.6 Å². The highest BCUT2D eigenvalue weighted by molar-refractivity contribution is 7.99. The third kappa shape index (κ3) is 4.18. The van der Waals surface area contributed by atoms with Gasteiger partial charge in [-0.05, 0) is 43.4 Å². The van der Waals surface area contributed by atoms with Crippen molar-refractivity contribution in [3.63, 3.8) is 0 Å². The molecule has 0 unspecified atom stereocenters. The lowest BCUT2D eigenvalue weighted by Gasteiger charge is -2.32. The van der Waals surface area contributed by atoms with Crippen molar-refractivity contribution in [3.8, 4) is 0 Å². The number of carbonyl (C=O) groups excluding carboxylic acids is 1. The smallest absolute Gasteiger partial charge is 0.258 e. The number of hydrogen-bond acceptors (Lipinski definition) is 5. The Morgan fingerprint density at radius 2 is 1.79 bits per heavy atom. The number of thioether (sulfide) groups is 1. The highest BCUT2D eigenvalue weighted by atomic mass is 35.5. The summed E-state index contributed by atoms with van der Waals surface area (Å²) in [7, 11) is -1.65. The van der Waals surface area contributed by atoms with E-state index in [0.29, 0.717) is 43.3 Å². The van der Waals surface area contributed by atoms with Crippen LogP contribution in [0.4, 0.5) is 5.69 Å². The third-order valence-electron chi connectivity index (χ3n) is 5.21. The number of rotatable bonds is 3. The van der Waals surface area contributed by atoms with E-state index in [9.17, 15) is 13.2 Å². The van der Waals surface area contributed by atoms with Crippen molar-refractivity contribution < 1.29 is 13.2 Å². The highest BCUT2D eigenvalue weighted by Gasteiger charge is 2.29. The Hall–Kier alpha value is -1.58. The number of benzene rings is 2. The van der Waals surface area contributed by atoms with Gasteiger partial charge in [0.05, 0.1) is 10.6 Å². The minimum atomic E-state index is -3.63. The standard InChI is InChI=1S/C20H22ClN3O3S2/c1-22-7-9-23(10-8-22)29(26,27)17-4-2-3-15(13-17)20(25)24-11-12-28-19-6-5-16(21)14-18(19)24/h2-6,13-14H,7-12H2,1H3. The molecule has 29 heavy (non-hydrogen) atoms. The molecule has 2 heterocycles. The molecule has 2 aliphatic rings. The van der Waals surface area contributed by atoms with Crippen LogP contribution >= 0.6 is 23.4 Å². The van der Waals surface area contributed by atoms with E-state index in [2.05, 4.69) is 4.90 Å². The first-order chi connectivity index (χ1) is 13.9. The first kappa shape index (κ1) is 20.7. The van der Waals surface area contributed by atoms with Crippen LogP contribution < -0.4 is 4.90 Å². The summed E-state index contributed by atoms with van der Waals surface area (Å²) >= 11 is 7.82. The second kappa shape index (κ2) is 8.28. The zero-order valence-corrected chi connectivity index (χ0v) is 18.4. The summed E-state index contributed by atoms with van der Waals surface area (Å²) in [6, 6.07) is 11.8.